The highest BCUT2D eigenvalue weighted by Gasteiger charge is 2.37. The third kappa shape index (κ3) is 4.10. The SMILES string of the molecule is CCC(=O)Nc1ccc(SN2C=C(Nc3cc(C)[nH]n3)[N+]3C=CN=C3C2)cc1. The molecule has 0 atom stereocenters. The Balaban J connectivity index is 1.48. The number of benzene rings is 1. The second-order valence-corrected chi connectivity index (χ2v) is 7.50. The number of carbonyl (C=O) groups is 1. The molecule has 2 aromatic rings. The van der Waals surface area contributed by atoms with E-state index < -0.39 is 0 Å². The molecule has 1 aromatic heterocycles. The van der Waals surface area contributed by atoms with Crippen LogP contribution in [0.1, 0.15) is 19.0 Å². The van der Waals surface area contributed by atoms with Crippen molar-refractivity contribution in [1.29, 1.82) is 0 Å². The first-order valence-corrected chi connectivity index (χ1v) is 9.76. The Labute approximate surface area is 167 Å². The van der Waals surface area contributed by atoms with E-state index >= 15 is 0 Å². The lowest BCUT2D eigenvalue weighted by atomic mass is 10.3. The molecule has 3 N–H and O–H groups in total. The van der Waals surface area contributed by atoms with Gasteiger partial charge in [-0.05, 0) is 48.0 Å². The van der Waals surface area contributed by atoms with Gasteiger partial charge in [-0.2, -0.15) is 10.1 Å². The second-order valence-electron chi connectivity index (χ2n) is 6.38. The minimum Gasteiger partial charge on any atom is -0.326 e. The summed E-state index contributed by atoms with van der Waals surface area (Å²) < 4.78 is 2.11. The van der Waals surface area contributed by atoms with Crippen molar-refractivity contribution in [2.75, 3.05) is 17.2 Å². The topological polar surface area (TPSA) is 91.3 Å². The number of hydrogen-bond acceptors (Lipinski definition) is 7. The van der Waals surface area contributed by atoms with E-state index in [9.17, 15) is 4.79 Å². The van der Waals surface area contributed by atoms with Crippen molar-refractivity contribution in [2.45, 2.75) is 25.2 Å². The Hall–Kier alpha value is -3.04. The number of amides is 1. The van der Waals surface area contributed by atoms with Crippen LogP contribution in [0.4, 0.5) is 11.5 Å². The average Bonchev–Trinajstić information content (AvgIpc) is 3.32. The Bertz CT molecular complexity index is 961. The van der Waals surface area contributed by atoms with E-state index in [0.29, 0.717) is 13.0 Å². The molecule has 28 heavy (non-hydrogen) atoms. The number of anilines is 2. The third-order valence-electron chi connectivity index (χ3n) is 4.18. The normalized spacial score (nSPS) is 15.9. The Kier molecular flexibility index (Phi) is 5.18. The van der Waals surface area contributed by atoms with E-state index in [-0.39, 0.29) is 5.91 Å². The van der Waals surface area contributed by atoms with Crippen molar-refractivity contribution in [3.05, 3.63) is 60.4 Å². The van der Waals surface area contributed by atoms with E-state index in [2.05, 4.69) is 30.1 Å². The summed E-state index contributed by atoms with van der Waals surface area (Å²) in [6.07, 6.45) is 6.23. The van der Waals surface area contributed by atoms with Gasteiger partial charge in [-0.25, -0.2) is 0 Å². The molecule has 0 fully saturated rings. The van der Waals surface area contributed by atoms with Gasteiger partial charge in [-0.15, -0.1) is 0 Å². The average molecular weight is 395 g/mol. The number of carbonyl (C=O) groups excluding carboxylic acids is 1. The van der Waals surface area contributed by atoms with Gasteiger partial charge < -0.3 is 5.32 Å². The van der Waals surface area contributed by atoms with Gasteiger partial charge in [0.05, 0.1) is 12.4 Å². The van der Waals surface area contributed by atoms with Crippen molar-refractivity contribution in [3.8, 4) is 0 Å². The molecule has 8 nitrogen and oxygen atoms in total. The molecule has 9 heteroatoms. The lowest BCUT2D eigenvalue weighted by Gasteiger charge is -2.24. The molecular weight excluding hydrogens is 374 g/mol. The summed E-state index contributed by atoms with van der Waals surface area (Å²) in [4.78, 5) is 19.0. The van der Waals surface area contributed by atoms with E-state index in [1.54, 1.807) is 18.1 Å². The van der Waals surface area contributed by atoms with Gasteiger partial charge in [0, 0.05) is 28.8 Å². The monoisotopic (exact) mass is 395 g/mol. The van der Waals surface area contributed by atoms with Gasteiger partial charge in [-0.1, -0.05) is 6.92 Å². The number of aryl methyl sites for hydroxylation is 1. The minimum absolute atomic E-state index is 0.00974. The van der Waals surface area contributed by atoms with Gasteiger partial charge in [0.2, 0.25) is 5.91 Å². The summed E-state index contributed by atoms with van der Waals surface area (Å²) in [6, 6.07) is 9.77. The van der Waals surface area contributed by atoms with Crippen LogP contribution in [0.25, 0.3) is 0 Å². The Morgan fingerprint density at radius 3 is 2.89 bits per heavy atom. The molecule has 0 bridgehead atoms. The molecule has 143 valence electrons. The maximum Gasteiger partial charge on any atom is 0.285 e. The first kappa shape index (κ1) is 18.3. The second kappa shape index (κ2) is 7.91. The highest BCUT2D eigenvalue weighted by atomic mass is 32.2. The summed E-state index contributed by atoms with van der Waals surface area (Å²) in [5.41, 5.74) is 1.79. The fourth-order valence-electron chi connectivity index (χ4n) is 2.80. The lowest BCUT2D eigenvalue weighted by molar-refractivity contribution is -0.115. The van der Waals surface area contributed by atoms with Crippen LogP contribution in [0.2, 0.25) is 0 Å². The van der Waals surface area contributed by atoms with Crippen LogP contribution < -0.4 is 15.5 Å². The van der Waals surface area contributed by atoms with Crippen molar-refractivity contribution in [3.63, 3.8) is 0 Å². The zero-order valence-corrected chi connectivity index (χ0v) is 16.5. The van der Waals surface area contributed by atoms with Gasteiger partial charge >= 0.3 is 0 Å². The highest BCUT2D eigenvalue weighted by Crippen LogP contribution is 2.29. The van der Waals surface area contributed by atoms with E-state index in [1.165, 1.54) is 0 Å². The van der Waals surface area contributed by atoms with Crippen LogP contribution >= 0.6 is 11.9 Å². The summed E-state index contributed by atoms with van der Waals surface area (Å²) >= 11 is 1.61. The van der Waals surface area contributed by atoms with Gasteiger partial charge in [0.25, 0.3) is 11.7 Å². The smallest absolute Gasteiger partial charge is 0.285 e. The fraction of sp³-hybridized carbons (Fsp3) is 0.211. The molecule has 1 aromatic carbocycles. The van der Waals surface area contributed by atoms with Crippen LogP contribution in [0.5, 0.6) is 0 Å². The lowest BCUT2D eigenvalue weighted by Crippen LogP contribution is -2.42. The number of nitrogens with one attached hydrogen (secondary N) is 3. The number of aromatic nitrogens is 2. The van der Waals surface area contributed by atoms with E-state index in [4.69, 9.17) is 0 Å². The maximum absolute atomic E-state index is 11.5. The molecule has 1 radical (unpaired) electrons. The van der Waals surface area contributed by atoms with Crippen molar-refractivity contribution >= 4 is 35.2 Å². The first-order chi connectivity index (χ1) is 13.6. The zero-order chi connectivity index (χ0) is 19.5. The van der Waals surface area contributed by atoms with Crippen LogP contribution in [0.15, 0.2) is 64.6 Å². The molecule has 0 aliphatic carbocycles. The molecule has 0 saturated carbocycles. The fourth-order valence-corrected chi connectivity index (χ4v) is 3.66. The Morgan fingerprint density at radius 2 is 2.18 bits per heavy atom. The van der Waals surface area contributed by atoms with Crippen LogP contribution in [-0.4, -0.2) is 32.8 Å². The molecule has 0 saturated heterocycles. The molecule has 2 aliphatic rings. The first-order valence-electron chi connectivity index (χ1n) is 8.98. The van der Waals surface area contributed by atoms with Crippen molar-refractivity contribution in [1.82, 2.24) is 19.4 Å². The Morgan fingerprint density at radius 1 is 1.36 bits per heavy atom. The molecule has 2 aliphatic heterocycles. The van der Waals surface area contributed by atoms with Crippen molar-refractivity contribution in [2.24, 2.45) is 4.99 Å². The highest BCUT2D eigenvalue weighted by molar-refractivity contribution is 7.97. The minimum atomic E-state index is 0.00974. The number of amidine groups is 1. The maximum atomic E-state index is 11.5. The summed E-state index contributed by atoms with van der Waals surface area (Å²) in [5, 5.41) is 13.4. The van der Waals surface area contributed by atoms with Gasteiger partial charge in [-0.3, -0.25) is 19.5 Å². The van der Waals surface area contributed by atoms with Crippen LogP contribution in [0.3, 0.4) is 0 Å². The van der Waals surface area contributed by atoms with Crippen molar-refractivity contribution < 1.29 is 4.79 Å². The number of hydrogen-bond donors (Lipinski definition) is 3. The molecule has 0 spiro atoms. The summed E-state index contributed by atoms with van der Waals surface area (Å²) in [7, 11) is 0. The molecule has 1 amide bonds. The third-order valence-corrected chi connectivity index (χ3v) is 5.14. The van der Waals surface area contributed by atoms with Gasteiger partial charge in [0.15, 0.2) is 12.0 Å². The predicted octanol–water partition coefficient (Wildman–Crippen LogP) is 3.32. The zero-order valence-electron chi connectivity index (χ0n) is 15.6. The number of fused-ring (bicyclic) bond motifs is 1. The standard InChI is InChI=1S/C19H21N7OS/c1-3-19(27)21-14-4-6-15(7-5-14)28-25-11-17-20-8-9-26(17)18(12-25)22-16-10-13(2)23-24-16/h4-10,12H,3,11H2,1-2H3,(H,21,27)(H2,22,23,24)/q+1. The quantitative estimate of drug-likeness (QED) is 0.516. The summed E-state index contributed by atoms with van der Waals surface area (Å²) in [5.74, 6) is 2.59. The number of H-pyrrole nitrogens is 1. The van der Waals surface area contributed by atoms with E-state index in [0.717, 1.165) is 33.8 Å². The van der Waals surface area contributed by atoms with E-state index in [1.807, 2.05) is 61.5 Å². The number of rotatable bonds is 6. The van der Waals surface area contributed by atoms with Gasteiger partial charge in [0.1, 0.15) is 6.54 Å². The molecule has 0 unspecified atom stereocenters. The summed E-state index contributed by atoms with van der Waals surface area (Å²) in [6.45, 7) is 4.48. The number of aliphatic imine (C=N–C) groups is 1. The van der Waals surface area contributed by atoms with Crippen LogP contribution in [-0.2, 0) is 4.79 Å². The molecule has 4 rings (SSSR count). The molecule has 3 heterocycles. The number of aromatic amines is 1. The predicted molar refractivity (Wildman–Crippen MR) is 112 cm³/mol. The largest absolute Gasteiger partial charge is 0.326 e. The van der Waals surface area contributed by atoms with Crippen LogP contribution in [0, 0.1) is 6.92 Å². The molecular formula is C19H21N7OS+. The number of nitrogens with zero attached hydrogens (tertiary/aromatic N) is 4.